The molecule has 0 bridgehead atoms. The topological polar surface area (TPSA) is 101 Å². The number of benzene rings is 1. The van der Waals surface area contributed by atoms with Crippen LogP contribution in [0.15, 0.2) is 51.6 Å². The molecule has 0 radical (unpaired) electrons. The predicted octanol–water partition coefficient (Wildman–Crippen LogP) is 2.42. The molecule has 2 aromatic rings. The van der Waals surface area contributed by atoms with Crippen molar-refractivity contribution in [3.05, 3.63) is 47.3 Å². The highest BCUT2D eigenvalue weighted by Crippen LogP contribution is 2.27. The summed E-state index contributed by atoms with van der Waals surface area (Å²) < 4.78 is 25.0. The average molecular weight is 367 g/mol. The number of carboxylic acids is 1. The van der Waals surface area contributed by atoms with Crippen LogP contribution in [0.1, 0.15) is 23.5 Å². The Hall–Kier alpha value is -2.19. The van der Waals surface area contributed by atoms with Gasteiger partial charge in [-0.25, -0.2) is 8.42 Å². The Balaban J connectivity index is 2.16. The first-order valence-electron chi connectivity index (χ1n) is 7.06. The molecule has 2 N–H and O–H groups in total. The van der Waals surface area contributed by atoms with E-state index in [-0.39, 0.29) is 20.5 Å². The van der Waals surface area contributed by atoms with Crippen LogP contribution < -0.4 is 5.32 Å². The molecule has 128 valence electrons. The highest BCUT2D eigenvalue weighted by Gasteiger charge is 2.28. The van der Waals surface area contributed by atoms with Crippen LogP contribution in [0.2, 0.25) is 0 Å². The number of aliphatic carboxylic acids is 1. The van der Waals surface area contributed by atoms with Crippen LogP contribution in [0, 0.1) is 5.41 Å². The second-order valence-electron chi connectivity index (χ2n) is 5.81. The van der Waals surface area contributed by atoms with Crippen LogP contribution in [0.4, 0.5) is 0 Å². The summed E-state index contributed by atoms with van der Waals surface area (Å²) in [4.78, 5) is 23.5. The number of carbonyl (C=O) groups excluding carboxylic acids is 1. The zero-order valence-electron chi connectivity index (χ0n) is 13.1. The molecule has 0 aliphatic heterocycles. The standard InChI is InChI=1S/C16H17NO5S2/c1-16(2,15(19)20)10-17-14(18)12-8-9-13(23-12)24(21,22)11-6-4-3-5-7-11/h3-9H,10H2,1-2H3,(H,17,18)(H,19,20). The minimum Gasteiger partial charge on any atom is -0.481 e. The monoisotopic (exact) mass is 367 g/mol. The number of hydrogen-bond acceptors (Lipinski definition) is 5. The minimum atomic E-state index is -3.66. The maximum Gasteiger partial charge on any atom is 0.310 e. The Bertz CT molecular complexity index is 854. The van der Waals surface area contributed by atoms with Crippen LogP contribution in [0.3, 0.4) is 0 Å². The van der Waals surface area contributed by atoms with Gasteiger partial charge in [0.1, 0.15) is 4.21 Å². The number of carboxylic acid groups (broad SMARTS) is 1. The van der Waals surface area contributed by atoms with Crippen molar-refractivity contribution in [2.45, 2.75) is 23.0 Å². The lowest BCUT2D eigenvalue weighted by Crippen LogP contribution is -2.38. The highest BCUT2D eigenvalue weighted by molar-refractivity contribution is 7.93. The largest absolute Gasteiger partial charge is 0.481 e. The van der Waals surface area contributed by atoms with E-state index in [1.165, 1.54) is 38.1 Å². The second-order valence-corrected chi connectivity index (χ2v) is 9.07. The number of hydrogen-bond donors (Lipinski definition) is 2. The molecule has 1 amide bonds. The van der Waals surface area contributed by atoms with Gasteiger partial charge in [-0.2, -0.15) is 0 Å². The molecule has 1 heterocycles. The number of amides is 1. The maximum absolute atomic E-state index is 12.5. The van der Waals surface area contributed by atoms with Gasteiger partial charge in [0, 0.05) is 6.54 Å². The molecule has 0 fully saturated rings. The van der Waals surface area contributed by atoms with Gasteiger partial charge in [-0.05, 0) is 38.1 Å². The lowest BCUT2D eigenvalue weighted by Gasteiger charge is -2.19. The number of carbonyl (C=O) groups is 2. The fourth-order valence-corrected chi connectivity index (χ4v) is 4.41. The number of thiophene rings is 1. The van der Waals surface area contributed by atoms with Gasteiger partial charge in [-0.15, -0.1) is 11.3 Å². The first-order chi connectivity index (χ1) is 11.1. The summed E-state index contributed by atoms with van der Waals surface area (Å²) in [5.74, 6) is -1.52. The zero-order valence-corrected chi connectivity index (χ0v) is 14.8. The molecule has 1 aromatic carbocycles. The molecule has 1 aromatic heterocycles. The van der Waals surface area contributed by atoms with E-state index in [1.807, 2.05) is 0 Å². The molecular formula is C16H17NO5S2. The predicted molar refractivity (Wildman–Crippen MR) is 90.0 cm³/mol. The third-order valence-corrected chi connectivity index (χ3v) is 6.74. The third kappa shape index (κ3) is 3.82. The van der Waals surface area contributed by atoms with Gasteiger partial charge in [0.15, 0.2) is 0 Å². The van der Waals surface area contributed by atoms with Crippen molar-refractivity contribution >= 4 is 33.1 Å². The summed E-state index contributed by atoms with van der Waals surface area (Å²) in [6.45, 7) is 2.94. The number of nitrogens with one attached hydrogen (secondary N) is 1. The van der Waals surface area contributed by atoms with Crippen LogP contribution in [-0.4, -0.2) is 31.9 Å². The first-order valence-corrected chi connectivity index (χ1v) is 9.36. The number of sulfone groups is 1. The van der Waals surface area contributed by atoms with Crippen molar-refractivity contribution in [3.8, 4) is 0 Å². The molecule has 0 aliphatic rings. The van der Waals surface area contributed by atoms with Crippen LogP contribution in [-0.2, 0) is 14.6 Å². The van der Waals surface area contributed by atoms with E-state index < -0.39 is 27.1 Å². The summed E-state index contributed by atoms with van der Waals surface area (Å²) in [5.41, 5.74) is -1.11. The van der Waals surface area contributed by atoms with Gasteiger partial charge >= 0.3 is 5.97 Å². The van der Waals surface area contributed by atoms with Gasteiger partial charge in [-0.1, -0.05) is 18.2 Å². The molecular weight excluding hydrogens is 350 g/mol. The minimum absolute atomic E-state index is 0.0557. The lowest BCUT2D eigenvalue weighted by molar-refractivity contribution is -0.146. The summed E-state index contributed by atoms with van der Waals surface area (Å²) in [7, 11) is -3.66. The maximum atomic E-state index is 12.5. The van der Waals surface area contributed by atoms with E-state index in [0.717, 1.165) is 11.3 Å². The smallest absolute Gasteiger partial charge is 0.310 e. The van der Waals surface area contributed by atoms with Crippen molar-refractivity contribution in [1.29, 1.82) is 0 Å². The van der Waals surface area contributed by atoms with Gasteiger partial charge in [0.2, 0.25) is 9.84 Å². The second kappa shape index (κ2) is 6.74. The van der Waals surface area contributed by atoms with Crippen molar-refractivity contribution in [2.24, 2.45) is 5.41 Å². The molecule has 0 aliphatic carbocycles. The van der Waals surface area contributed by atoms with E-state index in [4.69, 9.17) is 5.11 Å². The fourth-order valence-electron chi connectivity index (χ4n) is 1.77. The Morgan fingerprint density at radius 1 is 1.12 bits per heavy atom. The van der Waals surface area contributed by atoms with Crippen LogP contribution in [0.5, 0.6) is 0 Å². The highest BCUT2D eigenvalue weighted by atomic mass is 32.2. The van der Waals surface area contributed by atoms with E-state index in [1.54, 1.807) is 18.2 Å². The quantitative estimate of drug-likeness (QED) is 0.817. The number of rotatable bonds is 6. The molecule has 2 rings (SSSR count). The molecule has 0 saturated carbocycles. The van der Waals surface area contributed by atoms with Crippen LogP contribution >= 0.6 is 11.3 Å². The van der Waals surface area contributed by atoms with Gasteiger partial charge in [0.25, 0.3) is 5.91 Å². The van der Waals surface area contributed by atoms with Gasteiger partial charge in [0.05, 0.1) is 15.2 Å². The van der Waals surface area contributed by atoms with Crippen LogP contribution in [0.25, 0.3) is 0 Å². The van der Waals surface area contributed by atoms with Crippen molar-refractivity contribution in [1.82, 2.24) is 5.32 Å². The van der Waals surface area contributed by atoms with Gasteiger partial charge < -0.3 is 10.4 Å². The molecule has 6 nitrogen and oxygen atoms in total. The normalized spacial score (nSPS) is 11.9. The van der Waals surface area contributed by atoms with E-state index >= 15 is 0 Å². The average Bonchev–Trinajstić information content (AvgIpc) is 3.04. The van der Waals surface area contributed by atoms with Crippen molar-refractivity contribution in [2.75, 3.05) is 6.54 Å². The fraction of sp³-hybridized carbons (Fsp3) is 0.250. The zero-order chi connectivity index (χ0) is 18.0. The molecule has 0 saturated heterocycles. The summed E-state index contributed by atoms with van der Waals surface area (Å²) >= 11 is 0.854. The lowest BCUT2D eigenvalue weighted by atomic mass is 9.94. The summed E-state index contributed by atoms with van der Waals surface area (Å²) in [6.07, 6.45) is 0. The Kier molecular flexibility index (Phi) is 5.10. The molecule has 24 heavy (non-hydrogen) atoms. The Morgan fingerprint density at radius 3 is 2.33 bits per heavy atom. The molecule has 0 atom stereocenters. The Morgan fingerprint density at radius 2 is 1.75 bits per heavy atom. The van der Waals surface area contributed by atoms with E-state index in [2.05, 4.69) is 5.32 Å². The molecule has 0 spiro atoms. The molecule has 0 unspecified atom stereocenters. The van der Waals surface area contributed by atoms with Crippen molar-refractivity contribution < 1.29 is 23.1 Å². The molecule has 8 heteroatoms. The third-order valence-electron chi connectivity index (χ3n) is 3.39. The van der Waals surface area contributed by atoms with Gasteiger partial charge in [-0.3, -0.25) is 9.59 Å². The Labute approximate surface area is 144 Å². The van der Waals surface area contributed by atoms with Crippen molar-refractivity contribution in [3.63, 3.8) is 0 Å². The van der Waals surface area contributed by atoms with E-state index in [9.17, 15) is 18.0 Å². The first kappa shape index (κ1) is 18.2. The SMILES string of the molecule is CC(C)(CNC(=O)c1ccc(S(=O)(=O)c2ccccc2)s1)C(=O)O. The van der Waals surface area contributed by atoms with E-state index in [0.29, 0.717) is 0 Å². The summed E-state index contributed by atoms with van der Waals surface area (Å²) in [6, 6.07) is 10.8. The summed E-state index contributed by atoms with van der Waals surface area (Å²) in [5, 5.41) is 11.6.